The molecule has 142 valence electrons. The fourth-order valence-electron chi connectivity index (χ4n) is 4.32. The quantitative estimate of drug-likeness (QED) is 0.869. The minimum atomic E-state index is -0.757. The molecule has 1 aromatic carbocycles. The third kappa shape index (κ3) is 3.67. The van der Waals surface area contributed by atoms with Gasteiger partial charge in [0.1, 0.15) is 18.1 Å². The number of rotatable bonds is 5. The number of fused-ring (bicyclic) bond motifs is 2. The highest BCUT2D eigenvalue weighted by Crippen LogP contribution is 2.46. The van der Waals surface area contributed by atoms with E-state index in [1.165, 1.54) is 12.0 Å². The summed E-state index contributed by atoms with van der Waals surface area (Å²) in [5.41, 5.74) is 1.27. The van der Waals surface area contributed by atoms with Crippen LogP contribution in [-0.2, 0) is 14.9 Å². The van der Waals surface area contributed by atoms with Crippen LogP contribution in [0.4, 0.5) is 0 Å². The second-order valence-corrected chi connectivity index (χ2v) is 7.70. The number of aliphatic carboxylic acids is 1. The van der Waals surface area contributed by atoms with Crippen molar-refractivity contribution in [3.8, 4) is 11.5 Å². The molecule has 26 heavy (non-hydrogen) atoms. The monoisotopic (exact) mass is 361 g/mol. The number of hydrogen-bond acceptors (Lipinski definition) is 5. The molecule has 1 atom stereocenters. The van der Waals surface area contributed by atoms with E-state index in [2.05, 4.69) is 6.07 Å². The van der Waals surface area contributed by atoms with Crippen molar-refractivity contribution < 1.29 is 24.1 Å². The SMILES string of the molecule is O=C(O)CN1CCC2(CC1)COc1cc(OCC3CCCCO3)ccc12. The van der Waals surface area contributed by atoms with Gasteiger partial charge in [-0.2, -0.15) is 0 Å². The van der Waals surface area contributed by atoms with Crippen LogP contribution in [0.15, 0.2) is 18.2 Å². The van der Waals surface area contributed by atoms with E-state index >= 15 is 0 Å². The van der Waals surface area contributed by atoms with Crippen molar-refractivity contribution in [1.29, 1.82) is 0 Å². The summed E-state index contributed by atoms with van der Waals surface area (Å²) in [6.07, 6.45) is 5.49. The standard InChI is InChI=1S/C20H27NO5/c22-19(23)12-21-8-6-20(7-9-21)14-26-18-11-15(4-5-17(18)20)25-13-16-3-1-2-10-24-16/h4-5,11,16H,1-3,6-10,12-14H2,(H,22,23). The average Bonchev–Trinajstić information content (AvgIpc) is 3.00. The number of carboxylic acids is 1. The summed E-state index contributed by atoms with van der Waals surface area (Å²) in [6.45, 7) is 3.83. The number of hydrogen-bond donors (Lipinski definition) is 1. The summed E-state index contributed by atoms with van der Waals surface area (Å²) in [6, 6.07) is 6.16. The molecule has 1 aromatic rings. The van der Waals surface area contributed by atoms with E-state index in [1.54, 1.807) is 0 Å². The molecule has 3 aliphatic rings. The summed E-state index contributed by atoms with van der Waals surface area (Å²) >= 11 is 0. The third-order valence-electron chi connectivity index (χ3n) is 5.91. The number of carboxylic acid groups (broad SMARTS) is 1. The van der Waals surface area contributed by atoms with Gasteiger partial charge in [-0.15, -0.1) is 0 Å². The summed E-state index contributed by atoms with van der Waals surface area (Å²) < 4.78 is 17.6. The van der Waals surface area contributed by atoms with Crippen molar-refractivity contribution in [3.63, 3.8) is 0 Å². The second kappa shape index (κ2) is 7.45. The number of benzene rings is 1. The molecule has 6 heteroatoms. The fraction of sp³-hybridized carbons (Fsp3) is 0.650. The van der Waals surface area contributed by atoms with Crippen LogP contribution in [0.5, 0.6) is 11.5 Å². The molecule has 6 nitrogen and oxygen atoms in total. The van der Waals surface area contributed by atoms with Crippen LogP contribution in [-0.4, -0.2) is 61.5 Å². The molecule has 0 saturated carbocycles. The van der Waals surface area contributed by atoms with Crippen molar-refractivity contribution >= 4 is 5.97 Å². The molecule has 1 spiro atoms. The summed E-state index contributed by atoms with van der Waals surface area (Å²) in [5.74, 6) is 0.991. The van der Waals surface area contributed by atoms with Crippen LogP contribution in [0.1, 0.15) is 37.7 Å². The van der Waals surface area contributed by atoms with E-state index < -0.39 is 5.97 Å². The molecule has 0 radical (unpaired) electrons. The Bertz CT molecular complexity index is 648. The molecule has 1 unspecified atom stereocenters. The molecular formula is C20H27NO5. The lowest BCUT2D eigenvalue weighted by Gasteiger charge is -2.37. The van der Waals surface area contributed by atoms with Crippen molar-refractivity contribution in [1.82, 2.24) is 4.90 Å². The van der Waals surface area contributed by atoms with Gasteiger partial charge in [0, 0.05) is 23.7 Å². The van der Waals surface area contributed by atoms with Crippen LogP contribution in [0.2, 0.25) is 0 Å². The predicted molar refractivity (Wildman–Crippen MR) is 96.0 cm³/mol. The van der Waals surface area contributed by atoms with Gasteiger partial charge in [0.05, 0.1) is 19.3 Å². The lowest BCUT2D eigenvalue weighted by Crippen LogP contribution is -2.45. The number of carbonyl (C=O) groups is 1. The summed E-state index contributed by atoms with van der Waals surface area (Å²) in [7, 11) is 0. The van der Waals surface area contributed by atoms with Crippen molar-refractivity contribution in [3.05, 3.63) is 23.8 Å². The molecule has 4 rings (SSSR count). The van der Waals surface area contributed by atoms with Crippen LogP contribution < -0.4 is 9.47 Å². The zero-order chi connectivity index (χ0) is 18.0. The van der Waals surface area contributed by atoms with Gasteiger partial charge < -0.3 is 19.3 Å². The zero-order valence-corrected chi connectivity index (χ0v) is 15.1. The molecule has 3 aliphatic heterocycles. The summed E-state index contributed by atoms with van der Waals surface area (Å²) in [5, 5.41) is 8.97. The first kappa shape index (κ1) is 17.6. The Hall–Kier alpha value is -1.79. The molecule has 0 amide bonds. The summed E-state index contributed by atoms with van der Waals surface area (Å²) in [4.78, 5) is 12.9. The first-order valence-electron chi connectivity index (χ1n) is 9.61. The third-order valence-corrected chi connectivity index (χ3v) is 5.91. The highest BCUT2D eigenvalue weighted by Gasteiger charge is 2.43. The highest BCUT2D eigenvalue weighted by atomic mass is 16.5. The molecule has 2 fully saturated rings. The van der Waals surface area contributed by atoms with Gasteiger partial charge in [-0.1, -0.05) is 6.07 Å². The van der Waals surface area contributed by atoms with Crippen molar-refractivity contribution in [2.24, 2.45) is 0 Å². The second-order valence-electron chi connectivity index (χ2n) is 7.70. The van der Waals surface area contributed by atoms with E-state index in [9.17, 15) is 4.79 Å². The molecule has 0 bridgehead atoms. The zero-order valence-electron chi connectivity index (χ0n) is 15.1. The number of piperidine rings is 1. The van der Waals surface area contributed by atoms with Crippen molar-refractivity contribution in [2.75, 3.05) is 39.5 Å². The Balaban J connectivity index is 1.38. The molecule has 1 N–H and O–H groups in total. The molecule has 0 aromatic heterocycles. The van der Waals surface area contributed by atoms with Crippen molar-refractivity contribution in [2.45, 2.75) is 43.6 Å². The molecule has 0 aliphatic carbocycles. The largest absolute Gasteiger partial charge is 0.492 e. The van der Waals surface area contributed by atoms with Crippen LogP contribution >= 0.6 is 0 Å². The van der Waals surface area contributed by atoms with Gasteiger partial charge >= 0.3 is 5.97 Å². The number of likely N-dealkylation sites (tertiary alicyclic amines) is 1. The van der Waals surface area contributed by atoms with E-state index in [-0.39, 0.29) is 18.1 Å². The van der Waals surface area contributed by atoms with Gasteiger partial charge in [0.15, 0.2) is 0 Å². The Morgan fingerprint density at radius 1 is 1.31 bits per heavy atom. The topological polar surface area (TPSA) is 68.2 Å². The van der Waals surface area contributed by atoms with E-state index in [0.717, 1.165) is 56.9 Å². The van der Waals surface area contributed by atoms with E-state index in [4.69, 9.17) is 19.3 Å². The fourth-order valence-corrected chi connectivity index (χ4v) is 4.32. The average molecular weight is 361 g/mol. The van der Waals surface area contributed by atoms with Crippen LogP contribution in [0, 0.1) is 0 Å². The lowest BCUT2D eigenvalue weighted by atomic mass is 9.74. The van der Waals surface area contributed by atoms with Gasteiger partial charge in [-0.05, 0) is 51.3 Å². The highest BCUT2D eigenvalue weighted by molar-refractivity contribution is 5.69. The smallest absolute Gasteiger partial charge is 0.317 e. The van der Waals surface area contributed by atoms with Gasteiger partial charge in [-0.3, -0.25) is 9.69 Å². The molecule has 3 heterocycles. The Morgan fingerprint density at radius 2 is 2.15 bits per heavy atom. The lowest BCUT2D eigenvalue weighted by molar-refractivity contribution is -0.138. The minimum Gasteiger partial charge on any atom is -0.492 e. The first-order valence-corrected chi connectivity index (χ1v) is 9.61. The Labute approximate surface area is 154 Å². The van der Waals surface area contributed by atoms with Gasteiger partial charge in [0.2, 0.25) is 0 Å². The van der Waals surface area contributed by atoms with Crippen LogP contribution in [0.25, 0.3) is 0 Å². The normalized spacial score (nSPS) is 24.8. The van der Waals surface area contributed by atoms with Gasteiger partial charge in [0.25, 0.3) is 0 Å². The van der Waals surface area contributed by atoms with Gasteiger partial charge in [-0.25, -0.2) is 0 Å². The number of nitrogens with zero attached hydrogens (tertiary/aromatic N) is 1. The Morgan fingerprint density at radius 3 is 2.88 bits per heavy atom. The first-order chi connectivity index (χ1) is 12.6. The minimum absolute atomic E-state index is 0.0232. The van der Waals surface area contributed by atoms with E-state index in [1.807, 2.05) is 17.0 Å². The number of ether oxygens (including phenoxy) is 3. The predicted octanol–water partition coefficient (Wildman–Crippen LogP) is 2.45. The maximum absolute atomic E-state index is 10.9. The maximum Gasteiger partial charge on any atom is 0.317 e. The van der Waals surface area contributed by atoms with Crippen LogP contribution in [0.3, 0.4) is 0 Å². The maximum atomic E-state index is 10.9. The molecular weight excluding hydrogens is 334 g/mol. The Kier molecular flexibility index (Phi) is 5.05. The van der Waals surface area contributed by atoms with E-state index in [0.29, 0.717) is 13.2 Å². The molecule has 2 saturated heterocycles.